The highest BCUT2D eigenvalue weighted by molar-refractivity contribution is 5.96. The SMILES string of the molecule is CCOC(=O)C1=C(C)N(Cc2ccc(C(=O)N3CCN(c4cccc(C(F)(F)F)c4)CC3)cc2)C(=O)CC1c1cccc(F)c1. The molecule has 0 aliphatic carbocycles. The van der Waals surface area contributed by atoms with E-state index in [2.05, 4.69) is 0 Å². The van der Waals surface area contributed by atoms with Gasteiger partial charge in [-0.2, -0.15) is 13.2 Å². The molecule has 3 aromatic rings. The molecule has 7 nitrogen and oxygen atoms in total. The number of anilines is 1. The Hall–Kier alpha value is -4.67. The van der Waals surface area contributed by atoms with Crippen molar-refractivity contribution in [3.05, 3.63) is 112 Å². The summed E-state index contributed by atoms with van der Waals surface area (Å²) < 4.78 is 58.7. The number of amides is 2. The van der Waals surface area contributed by atoms with Crippen LogP contribution in [0, 0.1) is 5.82 Å². The van der Waals surface area contributed by atoms with Crippen molar-refractivity contribution in [2.75, 3.05) is 37.7 Å². The lowest BCUT2D eigenvalue weighted by Gasteiger charge is -2.36. The van der Waals surface area contributed by atoms with E-state index in [1.54, 1.807) is 61.2 Å². The summed E-state index contributed by atoms with van der Waals surface area (Å²) in [6, 6.07) is 17.9. The third kappa shape index (κ3) is 7.02. The van der Waals surface area contributed by atoms with E-state index in [1.165, 1.54) is 23.1 Å². The van der Waals surface area contributed by atoms with Gasteiger partial charge in [-0.05, 0) is 67.4 Å². The molecule has 2 heterocycles. The zero-order valence-electron chi connectivity index (χ0n) is 24.9. The number of hydrogen-bond donors (Lipinski definition) is 0. The molecule has 1 saturated heterocycles. The summed E-state index contributed by atoms with van der Waals surface area (Å²) in [5.74, 6) is -2.09. The van der Waals surface area contributed by atoms with E-state index in [4.69, 9.17) is 4.74 Å². The number of allylic oxidation sites excluding steroid dienone is 1. The first kappa shape index (κ1) is 31.7. The number of alkyl halides is 3. The van der Waals surface area contributed by atoms with E-state index < -0.39 is 29.4 Å². The van der Waals surface area contributed by atoms with Gasteiger partial charge in [-0.25, -0.2) is 9.18 Å². The fourth-order valence-corrected chi connectivity index (χ4v) is 5.85. The summed E-state index contributed by atoms with van der Waals surface area (Å²) in [4.78, 5) is 44.5. The molecule has 1 atom stereocenters. The molecule has 0 N–H and O–H groups in total. The second-order valence-corrected chi connectivity index (χ2v) is 11.0. The smallest absolute Gasteiger partial charge is 0.416 e. The number of esters is 1. The van der Waals surface area contributed by atoms with Gasteiger partial charge in [0, 0.05) is 55.5 Å². The van der Waals surface area contributed by atoms with Crippen molar-refractivity contribution in [3.8, 4) is 0 Å². The third-order valence-electron chi connectivity index (χ3n) is 8.22. The minimum absolute atomic E-state index is 0.0298. The molecule has 236 valence electrons. The predicted molar refractivity (Wildman–Crippen MR) is 160 cm³/mol. The summed E-state index contributed by atoms with van der Waals surface area (Å²) in [6.07, 6.45) is -4.46. The molecule has 0 aromatic heterocycles. The van der Waals surface area contributed by atoms with Crippen LogP contribution in [-0.4, -0.2) is 60.4 Å². The molecule has 2 aliphatic rings. The number of carbonyl (C=O) groups is 3. The summed E-state index contributed by atoms with van der Waals surface area (Å²) in [5, 5.41) is 0. The lowest BCUT2D eigenvalue weighted by Crippen LogP contribution is -2.48. The summed E-state index contributed by atoms with van der Waals surface area (Å²) in [5.41, 5.74) is 2.19. The molecule has 0 radical (unpaired) electrons. The zero-order valence-corrected chi connectivity index (χ0v) is 24.9. The first-order valence-corrected chi connectivity index (χ1v) is 14.7. The Balaban J connectivity index is 1.27. The van der Waals surface area contributed by atoms with Crippen molar-refractivity contribution in [2.24, 2.45) is 0 Å². The summed E-state index contributed by atoms with van der Waals surface area (Å²) in [6.45, 7) is 5.17. The van der Waals surface area contributed by atoms with Crippen LogP contribution in [0.15, 0.2) is 84.1 Å². The Bertz CT molecular complexity index is 1610. The molecule has 1 fully saturated rings. The van der Waals surface area contributed by atoms with Gasteiger partial charge in [0.05, 0.1) is 24.3 Å². The van der Waals surface area contributed by atoms with Gasteiger partial charge in [-0.15, -0.1) is 0 Å². The molecule has 0 spiro atoms. The Morgan fingerprint density at radius 3 is 2.27 bits per heavy atom. The fourth-order valence-electron chi connectivity index (χ4n) is 5.85. The van der Waals surface area contributed by atoms with Gasteiger partial charge in [-0.3, -0.25) is 9.59 Å². The number of hydrogen-bond acceptors (Lipinski definition) is 5. The van der Waals surface area contributed by atoms with E-state index in [9.17, 15) is 31.9 Å². The quantitative estimate of drug-likeness (QED) is 0.233. The number of nitrogens with zero attached hydrogens (tertiary/aromatic N) is 3. The monoisotopic (exact) mass is 623 g/mol. The molecule has 45 heavy (non-hydrogen) atoms. The van der Waals surface area contributed by atoms with Crippen LogP contribution in [-0.2, 0) is 27.0 Å². The lowest BCUT2D eigenvalue weighted by atomic mass is 9.83. The maximum absolute atomic E-state index is 14.0. The van der Waals surface area contributed by atoms with Gasteiger partial charge >= 0.3 is 12.1 Å². The maximum atomic E-state index is 14.0. The molecule has 3 aromatic carbocycles. The van der Waals surface area contributed by atoms with Gasteiger partial charge in [0.25, 0.3) is 5.91 Å². The summed E-state index contributed by atoms with van der Waals surface area (Å²) in [7, 11) is 0. The minimum atomic E-state index is -4.43. The number of piperazine rings is 1. The highest BCUT2D eigenvalue weighted by atomic mass is 19.4. The van der Waals surface area contributed by atoms with Crippen LogP contribution in [0.3, 0.4) is 0 Å². The van der Waals surface area contributed by atoms with Crippen molar-refractivity contribution in [3.63, 3.8) is 0 Å². The Morgan fingerprint density at radius 2 is 1.62 bits per heavy atom. The van der Waals surface area contributed by atoms with E-state index in [1.807, 2.05) is 4.90 Å². The predicted octanol–water partition coefficient (Wildman–Crippen LogP) is 6.16. The van der Waals surface area contributed by atoms with Gasteiger partial charge in [0.1, 0.15) is 5.82 Å². The van der Waals surface area contributed by atoms with Gasteiger partial charge < -0.3 is 19.4 Å². The van der Waals surface area contributed by atoms with E-state index in [-0.39, 0.29) is 31.4 Å². The Labute approximate surface area is 258 Å². The average Bonchev–Trinajstić information content (AvgIpc) is 3.02. The second kappa shape index (κ2) is 13.1. The van der Waals surface area contributed by atoms with Crippen molar-refractivity contribution >= 4 is 23.5 Å². The van der Waals surface area contributed by atoms with E-state index in [0.717, 1.165) is 17.7 Å². The molecule has 2 aliphatic heterocycles. The lowest BCUT2D eigenvalue weighted by molar-refractivity contribution is -0.140. The van der Waals surface area contributed by atoms with E-state index >= 15 is 0 Å². The van der Waals surface area contributed by atoms with Gasteiger partial charge in [-0.1, -0.05) is 30.3 Å². The number of rotatable bonds is 7. The van der Waals surface area contributed by atoms with Crippen molar-refractivity contribution in [1.29, 1.82) is 0 Å². The first-order chi connectivity index (χ1) is 21.5. The molecule has 0 bridgehead atoms. The van der Waals surface area contributed by atoms with Gasteiger partial charge in [0.2, 0.25) is 5.91 Å². The molecular weight excluding hydrogens is 590 g/mol. The van der Waals surface area contributed by atoms with Gasteiger partial charge in [0.15, 0.2) is 0 Å². The van der Waals surface area contributed by atoms with Crippen LogP contribution in [0.4, 0.5) is 23.2 Å². The molecular formula is C34H33F4N3O4. The first-order valence-electron chi connectivity index (χ1n) is 14.7. The minimum Gasteiger partial charge on any atom is -0.463 e. The topological polar surface area (TPSA) is 70.2 Å². The maximum Gasteiger partial charge on any atom is 0.416 e. The molecule has 11 heteroatoms. The highest BCUT2D eigenvalue weighted by Gasteiger charge is 2.37. The average molecular weight is 624 g/mol. The van der Waals surface area contributed by atoms with Crippen LogP contribution >= 0.6 is 0 Å². The van der Waals surface area contributed by atoms with Crippen molar-refractivity contribution in [2.45, 2.75) is 38.9 Å². The van der Waals surface area contributed by atoms with E-state index in [0.29, 0.717) is 54.3 Å². The van der Waals surface area contributed by atoms with Crippen LogP contribution in [0.5, 0.6) is 0 Å². The molecule has 0 saturated carbocycles. The molecule has 2 amide bonds. The second-order valence-electron chi connectivity index (χ2n) is 11.0. The molecule has 1 unspecified atom stereocenters. The number of carbonyl (C=O) groups excluding carboxylic acids is 3. The standard InChI is InChI=1S/C34H33F4N3O4/c1-3-45-33(44)31-22(2)41(30(42)20-29(31)25-6-4-8-27(35)18-25)21-23-10-12-24(13-11-23)32(43)40-16-14-39(15-17-40)28-9-5-7-26(19-28)34(36,37)38/h4-13,18-19,29H,3,14-17,20-21H2,1-2H3. The van der Waals surface area contributed by atoms with Crippen LogP contribution in [0.2, 0.25) is 0 Å². The number of halogens is 4. The van der Waals surface area contributed by atoms with Crippen LogP contribution in [0.25, 0.3) is 0 Å². The number of ether oxygens (including phenoxy) is 1. The summed E-state index contributed by atoms with van der Waals surface area (Å²) >= 11 is 0. The normalized spacial score (nSPS) is 17.5. The Morgan fingerprint density at radius 1 is 0.933 bits per heavy atom. The Kier molecular flexibility index (Phi) is 9.27. The van der Waals surface area contributed by atoms with Crippen molar-refractivity contribution in [1.82, 2.24) is 9.80 Å². The largest absolute Gasteiger partial charge is 0.463 e. The third-order valence-corrected chi connectivity index (χ3v) is 8.22. The number of benzene rings is 3. The fraction of sp³-hybridized carbons (Fsp3) is 0.324. The zero-order chi connectivity index (χ0) is 32.3. The van der Waals surface area contributed by atoms with Crippen molar-refractivity contribution < 1.29 is 36.7 Å². The van der Waals surface area contributed by atoms with Crippen LogP contribution in [0.1, 0.15) is 53.2 Å². The highest BCUT2D eigenvalue weighted by Crippen LogP contribution is 2.38. The molecule has 5 rings (SSSR count). The van der Waals surface area contributed by atoms with Crippen LogP contribution < -0.4 is 4.90 Å².